The fourth-order valence-electron chi connectivity index (χ4n) is 2.23. The highest BCUT2D eigenvalue weighted by atomic mass is 35.5. The van der Waals surface area contributed by atoms with E-state index in [1.807, 2.05) is 30.3 Å². The third-order valence-corrected chi connectivity index (χ3v) is 3.88. The van der Waals surface area contributed by atoms with Gasteiger partial charge in [-0.25, -0.2) is 4.98 Å². The summed E-state index contributed by atoms with van der Waals surface area (Å²) >= 11 is 6.11. The van der Waals surface area contributed by atoms with Gasteiger partial charge < -0.3 is 10.1 Å². The lowest BCUT2D eigenvalue weighted by Gasteiger charge is -2.11. The molecule has 0 saturated heterocycles. The van der Waals surface area contributed by atoms with Crippen molar-refractivity contribution in [1.82, 2.24) is 15.3 Å². The van der Waals surface area contributed by atoms with Gasteiger partial charge in [-0.1, -0.05) is 35.9 Å². The molecule has 1 aromatic carbocycles. The zero-order valence-corrected chi connectivity index (χ0v) is 14.1. The number of carbonyl (C=O) groups excluding carboxylic acids is 1. The van der Waals surface area contributed by atoms with E-state index in [-0.39, 0.29) is 18.4 Å². The zero-order chi connectivity index (χ0) is 17.5. The van der Waals surface area contributed by atoms with Gasteiger partial charge in [0.25, 0.3) is 5.91 Å². The summed E-state index contributed by atoms with van der Waals surface area (Å²) in [4.78, 5) is 20.7. The fourth-order valence-corrected chi connectivity index (χ4v) is 2.43. The average Bonchev–Trinajstić information content (AvgIpc) is 2.66. The molecule has 2 heterocycles. The Morgan fingerprint density at radius 1 is 1.08 bits per heavy atom. The Labute approximate surface area is 150 Å². The summed E-state index contributed by atoms with van der Waals surface area (Å²) in [5, 5.41) is 3.45. The number of carbonyl (C=O) groups is 1. The first kappa shape index (κ1) is 16.9. The second-order valence-electron chi connectivity index (χ2n) is 5.28. The minimum absolute atomic E-state index is 0.269. The molecule has 0 bridgehead atoms. The largest absolute Gasteiger partial charge is 0.472 e. The maximum Gasteiger partial charge on any atom is 0.257 e. The Morgan fingerprint density at radius 2 is 1.92 bits per heavy atom. The summed E-state index contributed by atoms with van der Waals surface area (Å²) in [5.41, 5.74) is 2.12. The lowest BCUT2D eigenvalue weighted by atomic mass is 10.2. The predicted molar refractivity (Wildman–Crippen MR) is 95.4 cm³/mol. The van der Waals surface area contributed by atoms with Gasteiger partial charge in [-0.05, 0) is 29.8 Å². The Morgan fingerprint density at radius 3 is 2.72 bits per heavy atom. The maximum atomic E-state index is 12.5. The summed E-state index contributed by atoms with van der Waals surface area (Å²) in [7, 11) is 0. The second-order valence-corrected chi connectivity index (χ2v) is 5.69. The molecule has 0 fully saturated rings. The third kappa shape index (κ3) is 4.55. The molecule has 0 aliphatic heterocycles. The average molecular weight is 354 g/mol. The lowest BCUT2D eigenvalue weighted by Crippen LogP contribution is -2.24. The van der Waals surface area contributed by atoms with E-state index < -0.39 is 0 Å². The zero-order valence-electron chi connectivity index (χ0n) is 13.4. The van der Waals surface area contributed by atoms with Crippen molar-refractivity contribution < 1.29 is 9.53 Å². The molecule has 0 unspecified atom stereocenters. The first-order chi connectivity index (χ1) is 12.2. The Hall–Kier alpha value is -2.92. The first-order valence-electron chi connectivity index (χ1n) is 7.72. The van der Waals surface area contributed by atoms with Gasteiger partial charge in [0.1, 0.15) is 12.2 Å². The molecule has 0 aliphatic rings. The van der Waals surface area contributed by atoms with Gasteiger partial charge in [0, 0.05) is 35.7 Å². The number of halogens is 1. The molecule has 0 radical (unpaired) electrons. The number of rotatable bonds is 6. The number of hydrogen-bond donors (Lipinski definition) is 1. The quantitative estimate of drug-likeness (QED) is 0.734. The predicted octanol–water partition coefficient (Wildman–Crippen LogP) is 3.64. The summed E-state index contributed by atoms with van der Waals surface area (Å²) in [6.45, 7) is 0.616. The summed E-state index contributed by atoms with van der Waals surface area (Å²) < 4.78 is 5.68. The molecule has 6 heteroatoms. The number of ether oxygens (including phenoxy) is 1. The maximum absolute atomic E-state index is 12.5. The Balaban J connectivity index is 1.67. The van der Waals surface area contributed by atoms with E-state index in [9.17, 15) is 4.79 Å². The van der Waals surface area contributed by atoms with Crippen LogP contribution in [0.5, 0.6) is 5.88 Å². The van der Waals surface area contributed by atoms with Gasteiger partial charge >= 0.3 is 0 Å². The molecule has 2 aromatic heterocycles. The van der Waals surface area contributed by atoms with E-state index in [2.05, 4.69) is 15.3 Å². The number of pyridine rings is 2. The van der Waals surface area contributed by atoms with Gasteiger partial charge in [0.2, 0.25) is 5.88 Å². The standard InChI is InChI=1S/C19H16ClN3O2/c20-17-8-2-1-6-15(17)12-23-18(24)16-7-4-10-22-19(16)25-13-14-5-3-9-21-11-14/h1-11H,12-13H2,(H,23,24). The smallest absolute Gasteiger partial charge is 0.257 e. The van der Waals surface area contributed by atoms with Crippen LogP contribution in [0, 0.1) is 0 Å². The minimum atomic E-state index is -0.269. The summed E-state index contributed by atoms with van der Waals surface area (Å²) in [5.74, 6) is 0.0113. The van der Waals surface area contributed by atoms with Crippen molar-refractivity contribution in [3.63, 3.8) is 0 Å². The van der Waals surface area contributed by atoms with E-state index in [0.29, 0.717) is 17.1 Å². The summed E-state index contributed by atoms with van der Waals surface area (Å²) in [6.07, 6.45) is 4.99. The van der Waals surface area contributed by atoms with Crippen LogP contribution in [-0.2, 0) is 13.2 Å². The monoisotopic (exact) mass is 353 g/mol. The highest BCUT2D eigenvalue weighted by molar-refractivity contribution is 6.31. The molecule has 3 aromatic rings. The van der Waals surface area contributed by atoms with Gasteiger partial charge in [0.05, 0.1) is 0 Å². The summed E-state index contributed by atoms with van der Waals surface area (Å²) in [6, 6.07) is 14.5. The van der Waals surface area contributed by atoms with Crippen molar-refractivity contribution >= 4 is 17.5 Å². The first-order valence-corrected chi connectivity index (χ1v) is 8.10. The molecule has 0 atom stereocenters. The molecule has 0 spiro atoms. The Bertz CT molecular complexity index is 856. The van der Waals surface area contributed by atoms with E-state index in [0.717, 1.165) is 11.1 Å². The van der Waals surface area contributed by atoms with Gasteiger partial charge in [-0.3, -0.25) is 9.78 Å². The Kier molecular flexibility index (Phi) is 5.59. The highest BCUT2D eigenvalue weighted by Crippen LogP contribution is 2.18. The van der Waals surface area contributed by atoms with Crippen molar-refractivity contribution in [3.8, 4) is 5.88 Å². The molecule has 0 aliphatic carbocycles. The molecular formula is C19H16ClN3O2. The minimum Gasteiger partial charge on any atom is -0.472 e. The molecule has 25 heavy (non-hydrogen) atoms. The fraction of sp³-hybridized carbons (Fsp3) is 0.105. The SMILES string of the molecule is O=C(NCc1ccccc1Cl)c1cccnc1OCc1cccnc1. The molecule has 1 N–H and O–H groups in total. The topological polar surface area (TPSA) is 64.1 Å². The molecule has 5 nitrogen and oxygen atoms in total. The number of hydrogen-bond acceptors (Lipinski definition) is 4. The molecule has 3 rings (SSSR count). The van der Waals surface area contributed by atoms with Gasteiger partial charge in [0.15, 0.2) is 0 Å². The van der Waals surface area contributed by atoms with Crippen LogP contribution in [0.4, 0.5) is 0 Å². The molecule has 0 saturated carbocycles. The number of nitrogens with one attached hydrogen (secondary N) is 1. The van der Waals surface area contributed by atoms with Gasteiger partial charge in [-0.2, -0.15) is 0 Å². The van der Waals surface area contributed by atoms with Crippen LogP contribution in [0.25, 0.3) is 0 Å². The molecule has 1 amide bonds. The van der Waals surface area contributed by atoms with Crippen molar-refractivity contribution in [2.45, 2.75) is 13.2 Å². The van der Waals surface area contributed by atoms with Crippen molar-refractivity contribution in [1.29, 1.82) is 0 Å². The lowest BCUT2D eigenvalue weighted by molar-refractivity contribution is 0.0945. The second kappa shape index (κ2) is 8.26. The van der Waals surface area contributed by atoms with Crippen LogP contribution in [0.2, 0.25) is 5.02 Å². The van der Waals surface area contributed by atoms with Crippen molar-refractivity contribution in [2.75, 3.05) is 0 Å². The number of amides is 1. The van der Waals surface area contributed by atoms with Crippen LogP contribution >= 0.6 is 11.6 Å². The van der Waals surface area contributed by atoms with Crippen LogP contribution in [0.3, 0.4) is 0 Å². The number of nitrogens with zero attached hydrogens (tertiary/aromatic N) is 2. The van der Waals surface area contributed by atoms with E-state index in [1.165, 1.54) is 0 Å². The van der Waals surface area contributed by atoms with E-state index >= 15 is 0 Å². The van der Waals surface area contributed by atoms with Gasteiger partial charge in [-0.15, -0.1) is 0 Å². The van der Waals surface area contributed by atoms with E-state index in [4.69, 9.17) is 16.3 Å². The molecule has 126 valence electrons. The van der Waals surface area contributed by atoms with Crippen LogP contribution in [-0.4, -0.2) is 15.9 Å². The molecular weight excluding hydrogens is 338 g/mol. The van der Waals surface area contributed by atoms with Crippen LogP contribution in [0.15, 0.2) is 67.1 Å². The van der Waals surface area contributed by atoms with Crippen molar-refractivity contribution in [3.05, 3.63) is 88.8 Å². The van der Waals surface area contributed by atoms with Crippen molar-refractivity contribution in [2.24, 2.45) is 0 Å². The highest BCUT2D eigenvalue weighted by Gasteiger charge is 2.14. The van der Waals surface area contributed by atoms with Crippen LogP contribution < -0.4 is 10.1 Å². The normalized spacial score (nSPS) is 10.3. The third-order valence-electron chi connectivity index (χ3n) is 3.51. The van der Waals surface area contributed by atoms with Crippen LogP contribution in [0.1, 0.15) is 21.5 Å². The number of benzene rings is 1. The number of aromatic nitrogens is 2. The van der Waals surface area contributed by atoms with E-state index in [1.54, 1.807) is 36.8 Å².